The average molecular weight is 370 g/mol. The topological polar surface area (TPSA) is 108 Å². The number of hydrogen-bond acceptors (Lipinski definition) is 5. The van der Waals surface area contributed by atoms with Gasteiger partial charge in [0, 0.05) is 31.2 Å². The SMILES string of the molecule is CCOC(=O)c1cc2ccc(NC(=O)c3cc([N+](=O)[O-])cn3C)cc2n1C. The molecule has 0 aliphatic heterocycles. The van der Waals surface area contributed by atoms with Crippen molar-refractivity contribution in [2.24, 2.45) is 14.1 Å². The number of aryl methyl sites for hydroxylation is 2. The number of nitrogens with zero attached hydrogens (tertiary/aromatic N) is 3. The van der Waals surface area contributed by atoms with Crippen LogP contribution in [-0.2, 0) is 18.8 Å². The van der Waals surface area contributed by atoms with Crippen LogP contribution in [0.3, 0.4) is 0 Å². The van der Waals surface area contributed by atoms with E-state index in [1.54, 1.807) is 49.9 Å². The first-order valence-electron chi connectivity index (χ1n) is 8.20. The van der Waals surface area contributed by atoms with Crippen molar-refractivity contribution in [3.05, 3.63) is 58.0 Å². The lowest BCUT2D eigenvalue weighted by Crippen LogP contribution is -2.15. The summed E-state index contributed by atoms with van der Waals surface area (Å²) >= 11 is 0. The van der Waals surface area contributed by atoms with Crippen LogP contribution in [0.4, 0.5) is 11.4 Å². The highest BCUT2D eigenvalue weighted by atomic mass is 16.6. The predicted molar refractivity (Wildman–Crippen MR) is 98.9 cm³/mol. The lowest BCUT2D eigenvalue weighted by atomic mass is 10.2. The molecule has 0 unspecified atom stereocenters. The first kappa shape index (κ1) is 18.2. The summed E-state index contributed by atoms with van der Waals surface area (Å²) in [5.74, 6) is -0.886. The molecule has 3 aromatic rings. The molecule has 0 spiro atoms. The van der Waals surface area contributed by atoms with E-state index in [0.29, 0.717) is 11.4 Å². The molecule has 0 bridgehead atoms. The van der Waals surface area contributed by atoms with Crippen molar-refractivity contribution in [1.82, 2.24) is 9.13 Å². The third-order valence-corrected chi connectivity index (χ3v) is 4.22. The molecule has 0 fully saturated rings. The number of nitrogens with one attached hydrogen (secondary N) is 1. The highest BCUT2D eigenvalue weighted by Crippen LogP contribution is 2.24. The minimum absolute atomic E-state index is 0.153. The number of benzene rings is 1. The summed E-state index contributed by atoms with van der Waals surface area (Å²) in [7, 11) is 3.30. The monoisotopic (exact) mass is 370 g/mol. The van der Waals surface area contributed by atoms with Gasteiger partial charge in [-0.3, -0.25) is 14.9 Å². The van der Waals surface area contributed by atoms with E-state index in [2.05, 4.69) is 5.32 Å². The molecule has 0 aliphatic rings. The third-order valence-electron chi connectivity index (χ3n) is 4.22. The summed E-state index contributed by atoms with van der Waals surface area (Å²) in [6.07, 6.45) is 1.28. The molecular weight excluding hydrogens is 352 g/mol. The van der Waals surface area contributed by atoms with Crippen LogP contribution in [0.15, 0.2) is 36.5 Å². The van der Waals surface area contributed by atoms with Gasteiger partial charge in [-0.1, -0.05) is 6.07 Å². The highest BCUT2D eigenvalue weighted by Gasteiger charge is 2.19. The number of esters is 1. The molecule has 2 heterocycles. The summed E-state index contributed by atoms with van der Waals surface area (Å²) < 4.78 is 8.13. The van der Waals surface area contributed by atoms with Crippen LogP contribution in [0.1, 0.15) is 27.9 Å². The zero-order valence-corrected chi connectivity index (χ0v) is 15.1. The number of anilines is 1. The van der Waals surface area contributed by atoms with Crippen molar-refractivity contribution < 1.29 is 19.2 Å². The first-order chi connectivity index (χ1) is 12.8. The molecule has 1 aromatic carbocycles. The van der Waals surface area contributed by atoms with Gasteiger partial charge in [-0.25, -0.2) is 4.79 Å². The summed E-state index contributed by atoms with van der Waals surface area (Å²) in [6, 6.07) is 8.15. The Balaban J connectivity index is 1.89. The zero-order chi connectivity index (χ0) is 19.7. The van der Waals surface area contributed by atoms with Gasteiger partial charge < -0.3 is 19.2 Å². The highest BCUT2D eigenvalue weighted by molar-refractivity contribution is 6.05. The number of carbonyl (C=O) groups is 2. The van der Waals surface area contributed by atoms with Crippen LogP contribution in [0.5, 0.6) is 0 Å². The number of aromatic nitrogens is 2. The number of amides is 1. The summed E-state index contributed by atoms with van der Waals surface area (Å²) in [5, 5.41) is 14.4. The molecule has 0 radical (unpaired) electrons. The first-order valence-corrected chi connectivity index (χ1v) is 8.20. The van der Waals surface area contributed by atoms with Crippen molar-refractivity contribution in [2.75, 3.05) is 11.9 Å². The summed E-state index contributed by atoms with van der Waals surface area (Å²) in [4.78, 5) is 34.8. The minimum atomic E-state index is -0.552. The van der Waals surface area contributed by atoms with Gasteiger partial charge in [0.15, 0.2) is 0 Å². The Labute approximate surface area is 154 Å². The molecule has 9 nitrogen and oxygen atoms in total. The van der Waals surface area contributed by atoms with E-state index in [1.807, 2.05) is 0 Å². The number of fused-ring (bicyclic) bond motifs is 1. The second-order valence-electron chi connectivity index (χ2n) is 5.99. The lowest BCUT2D eigenvalue weighted by Gasteiger charge is -2.07. The second kappa shape index (κ2) is 6.94. The van der Waals surface area contributed by atoms with E-state index >= 15 is 0 Å². The van der Waals surface area contributed by atoms with E-state index in [-0.39, 0.29) is 18.0 Å². The Morgan fingerprint density at radius 3 is 2.56 bits per heavy atom. The van der Waals surface area contributed by atoms with Crippen molar-refractivity contribution >= 4 is 34.2 Å². The maximum absolute atomic E-state index is 12.5. The quantitative estimate of drug-likeness (QED) is 0.422. The van der Waals surface area contributed by atoms with Crippen molar-refractivity contribution in [3.63, 3.8) is 0 Å². The predicted octanol–water partition coefficient (Wildman–Crippen LogP) is 2.85. The van der Waals surface area contributed by atoms with E-state index in [9.17, 15) is 19.7 Å². The van der Waals surface area contributed by atoms with Crippen LogP contribution >= 0.6 is 0 Å². The average Bonchev–Trinajstić information content (AvgIpc) is 3.16. The van der Waals surface area contributed by atoms with Crippen molar-refractivity contribution in [2.45, 2.75) is 6.92 Å². The molecule has 3 rings (SSSR count). The molecule has 0 atom stereocenters. The minimum Gasteiger partial charge on any atom is -0.461 e. The molecule has 1 amide bonds. The Hall–Kier alpha value is -3.62. The maximum atomic E-state index is 12.5. The van der Waals surface area contributed by atoms with Gasteiger partial charge in [-0.2, -0.15) is 0 Å². The molecular formula is C18H18N4O5. The number of nitro groups is 1. The molecule has 1 N–H and O–H groups in total. The fourth-order valence-electron chi connectivity index (χ4n) is 2.88. The van der Waals surface area contributed by atoms with Gasteiger partial charge in [-0.05, 0) is 25.1 Å². The maximum Gasteiger partial charge on any atom is 0.354 e. The van der Waals surface area contributed by atoms with E-state index in [0.717, 1.165) is 10.9 Å². The number of carbonyl (C=O) groups excluding carboxylic acids is 2. The smallest absolute Gasteiger partial charge is 0.354 e. The Morgan fingerprint density at radius 2 is 1.93 bits per heavy atom. The number of hydrogen-bond donors (Lipinski definition) is 1. The molecule has 0 saturated carbocycles. The molecule has 0 aliphatic carbocycles. The van der Waals surface area contributed by atoms with Crippen LogP contribution < -0.4 is 5.32 Å². The van der Waals surface area contributed by atoms with Gasteiger partial charge in [0.25, 0.3) is 11.6 Å². The number of rotatable bonds is 5. The van der Waals surface area contributed by atoms with E-state index < -0.39 is 16.8 Å². The van der Waals surface area contributed by atoms with Crippen LogP contribution in [0, 0.1) is 10.1 Å². The second-order valence-corrected chi connectivity index (χ2v) is 5.99. The molecule has 27 heavy (non-hydrogen) atoms. The van der Waals surface area contributed by atoms with E-state index in [4.69, 9.17) is 4.74 Å². The van der Waals surface area contributed by atoms with Gasteiger partial charge in [0.05, 0.1) is 23.2 Å². The van der Waals surface area contributed by atoms with Crippen molar-refractivity contribution in [3.8, 4) is 0 Å². The van der Waals surface area contributed by atoms with Crippen molar-refractivity contribution in [1.29, 1.82) is 0 Å². The summed E-state index contributed by atoms with van der Waals surface area (Å²) in [6.45, 7) is 2.02. The van der Waals surface area contributed by atoms with Gasteiger partial charge >= 0.3 is 5.97 Å². The largest absolute Gasteiger partial charge is 0.461 e. The van der Waals surface area contributed by atoms with E-state index in [1.165, 1.54) is 16.8 Å². The zero-order valence-electron chi connectivity index (χ0n) is 15.1. The Kier molecular flexibility index (Phi) is 4.68. The fourth-order valence-corrected chi connectivity index (χ4v) is 2.88. The Bertz CT molecular complexity index is 1060. The van der Waals surface area contributed by atoms with Gasteiger partial charge in [-0.15, -0.1) is 0 Å². The van der Waals surface area contributed by atoms with Crippen LogP contribution in [-0.4, -0.2) is 32.5 Å². The standard InChI is InChI=1S/C18H18N4O5/c1-4-27-18(24)16-7-11-5-6-12(8-14(11)21(16)3)19-17(23)15-9-13(22(25)26)10-20(15)2/h5-10H,4H2,1-3H3,(H,19,23). The third kappa shape index (κ3) is 3.39. The lowest BCUT2D eigenvalue weighted by molar-refractivity contribution is -0.384. The fraction of sp³-hybridized carbons (Fsp3) is 0.222. The van der Waals surface area contributed by atoms with Crippen LogP contribution in [0.2, 0.25) is 0 Å². The van der Waals surface area contributed by atoms with Crippen LogP contribution in [0.25, 0.3) is 10.9 Å². The number of ether oxygens (including phenoxy) is 1. The molecule has 9 heteroatoms. The van der Waals surface area contributed by atoms with Gasteiger partial charge in [0.2, 0.25) is 0 Å². The molecule has 2 aromatic heterocycles. The summed E-state index contributed by atoms with van der Waals surface area (Å²) in [5.41, 5.74) is 1.68. The van der Waals surface area contributed by atoms with Gasteiger partial charge in [0.1, 0.15) is 11.4 Å². The molecule has 140 valence electrons. The molecule has 0 saturated heterocycles. The Morgan fingerprint density at radius 1 is 1.19 bits per heavy atom. The normalized spacial score (nSPS) is 10.8.